The fourth-order valence-corrected chi connectivity index (χ4v) is 3.45. The molecule has 0 aromatic heterocycles. The Kier molecular flexibility index (Phi) is 6.70. The second-order valence-corrected chi connectivity index (χ2v) is 8.52. The highest BCUT2D eigenvalue weighted by molar-refractivity contribution is 14.1. The largest absolute Gasteiger partial charge is 0.493 e. The molecule has 2 aromatic rings. The number of methoxy groups -OCH3 is 2. The fourth-order valence-electron chi connectivity index (χ4n) is 2.24. The number of hydrogen-bond donors (Lipinski definition) is 1. The van der Waals surface area contributed by atoms with Crippen LogP contribution in [0.15, 0.2) is 42.5 Å². The molecule has 26 heavy (non-hydrogen) atoms. The van der Waals surface area contributed by atoms with Crippen LogP contribution in [0.3, 0.4) is 0 Å². The highest BCUT2D eigenvalue weighted by atomic mass is 127. The van der Waals surface area contributed by atoms with Gasteiger partial charge in [-0.05, 0) is 59.0 Å². The highest BCUT2D eigenvalue weighted by Gasteiger charge is 2.22. The van der Waals surface area contributed by atoms with Crippen LogP contribution in [0, 0.1) is 3.57 Å². The van der Waals surface area contributed by atoms with Crippen LogP contribution in [0.5, 0.6) is 11.5 Å². The number of carbonyl (C=O) groups excluding carboxylic acids is 1. The zero-order chi connectivity index (χ0) is 19.3. The van der Waals surface area contributed by atoms with Crippen LogP contribution >= 0.6 is 22.6 Å². The van der Waals surface area contributed by atoms with E-state index >= 15 is 0 Å². The Balaban J connectivity index is 2.25. The summed E-state index contributed by atoms with van der Waals surface area (Å²) >= 11 is 2.16. The molecule has 0 unspecified atom stereocenters. The van der Waals surface area contributed by atoms with Crippen molar-refractivity contribution in [3.05, 3.63) is 46.0 Å². The predicted molar refractivity (Wildman–Crippen MR) is 110 cm³/mol. The zero-order valence-electron chi connectivity index (χ0n) is 14.5. The molecule has 0 saturated heterocycles. The first-order valence-corrected chi connectivity index (χ1v) is 10.4. The van der Waals surface area contributed by atoms with Crippen molar-refractivity contribution in [3.8, 4) is 11.5 Å². The second-order valence-electron chi connectivity index (χ2n) is 5.36. The summed E-state index contributed by atoms with van der Waals surface area (Å²) < 4.78 is 36.8. The standard InChI is InChI=1S/C17H19IN2O5S/c1-24-15-9-8-14(10-16(15)25-2)20(26(3,22)23)11-17(21)19-13-6-4-12(18)5-7-13/h4-10H,11H2,1-3H3,(H,19,21). The van der Waals surface area contributed by atoms with Crippen LogP contribution in [0.2, 0.25) is 0 Å². The molecule has 0 radical (unpaired) electrons. The highest BCUT2D eigenvalue weighted by Crippen LogP contribution is 2.32. The van der Waals surface area contributed by atoms with E-state index in [-0.39, 0.29) is 6.54 Å². The van der Waals surface area contributed by atoms with E-state index in [1.807, 2.05) is 12.1 Å². The van der Waals surface area contributed by atoms with Crippen molar-refractivity contribution in [1.82, 2.24) is 0 Å². The molecule has 0 atom stereocenters. The van der Waals surface area contributed by atoms with Crippen LogP contribution in [0.1, 0.15) is 0 Å². The molecule has 0 fully saturated rings. The molecule has 7 nitrogen and oxygen atoms in total. The van der Waals surface area contributed by atoms with Gasteiger partial charge >= 0.3 is 0 Å². The minimum absolute atomic E-state index is 0.308. The zero-order valence-corrected chi connectivity index (χ0v) is 17.5. The molecule has 0 aliphatic carbocycles. The number of benzene rings is 2. The van der Waals surface area contributed by atoms with E-state index in [9.17, 15) is 13.2 Å². The Bertz CT molecular complexity index is 885. The van der Waals surface area contributed by atoms with Gasteiger partial charge < -0.3 is 14.8 Å². The maximum Gasteiger partial charge on any atom is 0.245 e. The molecule has 2 rings (SSSR count). The molecular weight excluding hydrogens is 471 g/mol. The van der Waals surface area contributed by atoms with Gasteiger partial charge in [0.2, 0.25) is 15.9 Å². The maximum atomic E-state index is 12.3. The summed E-state index contributed by atoms with van der Waals surface area (Å²) in [6.45, 7) is -0.361. The lowest BCUT2D eigenvalue weighted by Gasteiger charge is -2.23. The number of anilines is 2. The molecule has 9 heteroatoms. The van der Waals surface area contributed by atoms with Crippen molar-refractivity contribution >= 4 is 49.9 Å². The predicted octanol–water partition coefficient (Wildman–Crippen LogP) is 2.71. The van der Waals surface area contributed by atoms with Crippen LogP contribution < -0.4 is 19.1 Å². The van der Waals surface area contributed by atoms with Crippen LogP contribution in [0.4, 0.5) is 11.4 Å². The first-order chi connectivity index (χ1) is 12.2. The molecule has 0 aliphatic rings. The average molecular weight is 490 g/mol. The Morgan fingerprint density at radius 1 is 1.08 bits per heavy atom. The third kappa shape index (κ3) is 5.24. The van der Waals surface area contributed by atoms with Gasteiger partial charge in [0.25, 0.3) is 0 Å². The monoisotopic (exact) mass is 490 g/mol. The Morgan fingerprint density at radius 2 is 1.69 bits per heavy atom. The van der Waals surface area contributed by atoms with Crippen molar-refractivity contribution in [3.63, 3.8) is 0 Å². The summed E-state index contributed by atoms with van der Waals surface area (Å²) in [5.74, 6) is 0.385. The van der Waals surface area contributed by atoms with Crippen molar-refractivity contribution in [2.45, 2.75) is 0 Å². The number of amides is 1. The van der Waals surface area contributed by atoms with E-state index in [1.54, 1.807) is 24.3 Å². The Hall–Kier alpha value is -2.01. The van der Waals surface area contributed by atoms with E-state index < -0.39 is 15.9 Å². The molecule has 2 aromatic carbocycles. The number of carbonyl (C=O) groups is 1. The van der Waals surface area contributed by atoms with Gasteiger partial charge in [-0.3, -0.25) is 9.10 Å². The number of ether oxygens (including phenoxy) is 2. The molecule has 1 amide bonds. The molecule has 1 N–H and O–H groups in total. The molecule has 0 spiro atoms. The van der Waals surface area contributed by atoms with Crippen LogP contribution in [-0.4, -0.2) is 41.3 Å². The number of rotatable bonds is 7. The van der Waals surface area contributed by atoms with Gasteiger partial charge in [0.1, 0.15) is 6.54 Å². The van der Waals surface area contributed by atoms with E-state index in [1.165, 1.54) is 20.3 Å². The second kappa shape index (κ2) is 8.58. The van der Waals surface area contributed by atoms with E-state index in [0.717, 1.165) is 14.1 Å². The van der Waals surface area contributed by atoms with Gasteiger partial charge in [0.05, 0.1) is 26.2 Å². The number of hydrogen-bond acceptors (Lipinski definition) is 5. The van der Waals surface area contributed by atoms with Crippen molar-refractivity contribution in [2.24, 2.45) is 0 Å². The third-order valence-corrected chi connectivity index (χ3v) is 5.33. The van der Waals surface area contributed by atoms with Gasteiger partial charge in [-0.1, -0.05) is 0 Å². The van der Waals surface area contributed by atoms with E-state index in [4.69, 9.17) is 9.47 Å². The number of sulfonamides is 1. The third-order valence-electron chi connectivity index (χ3n) is 3.47. The lowest BCUT2D eigenvalue weighted by molar-refractivity contribution is -0.114. The van der Waals surface area contributed by atoms with Crippen molar-refractivity contribution < 1.29 is 22.7 Å². The number of halogens is 1. The summed E-state index contributed by atoms with van der Waals surface area (Å²) in [5.41, 5.74) is 0.902. The summed E-state index contributed by atoms with van der Waals surface area (Å²) in [4.78, 5) is 12.3. The van der Waals surface area contributed by atoms with Gasteiger partial charge in [0, 0.05) is 15.3 Å². The topological polar surface area (TPSA) is 84.9 Å². The summed E-state index contributed by atoms with van der Waals surface area (Å²) in [5, 5.41) is 2.69. The van der Waals surface area contributed by atoms with Crippen molar-refractivity contribution in [1.29, 1.82) is 0 Å². The molecule has 140 valence electrons. The molecule has 0 saturated carbocycles. The summed E-state index contributed by atoms with van der Waals surface area (Å²) in [7, 11) is -0.741. The summed E-state index contributed by atoms with van der Waals surface area (Å²) in [6.07, 6.45) is 1.04. The van der Waals surface area contributed by atoms with Gasteiger partial charge in [-0.15, -0.1) is 0 Å². The van der Waals surface area contributed by atoms with Crippen LogP contribution in [0.25, 0.3) is 0 Å². The van der Waals surface area contributed by atoms with Crippen molar-refractivity contribution in [2.75, 3.05) is 36.6 Å². The SMILES string of the molecule is COc1ccc(N(CC(=O)Nc2ccc(I)cc2)S(C)(=O)=O)cc1OC. The number of nitrogens with zero attached hydrogens (tertiary/aromatic N) is 1. The Morgan fingerprint density at radius 3 is 2.23 bits per heavy atom. The normalized spacial score (nSPS) is 10.9. The molecule has 0 bridgehead atoms. The summed E-state index contributed by atoms with van der Waals surface area (Å²) in [6, 6.07) is 11.8. The average Bonchev–Trinajstić information content (AvgIpc) is 2.60. The molecule has 0 heterocycles. The first-order valence-electron chi connectivity index (χ1n) is 7.49. The first kappa shape index (κ1) is 20.3. The fraction of sp³-hybridized carbons (Fsp3) is 0.235. The Labute approximate surface area is 166 Å². The lowest BCUT2D eigenvalue weighted by Crippen LogP contribution is -2.37. The smallest absolute Gasteiger partial charge is 0.245 e. The molecule has 0 aliphatic heterocycles. The van der Waals surface area contributed by atoms with E-state index in [2.05, 4.69) is 27.9 Å². The van der Waals surface area contributed by atoms with E-state index in [0.29, 0.717) is 22.9 Å². The molecular formula is C17H19IN2O5S. The minimum Gasteiger partial charge on any atom is -0.493 e. The quantitative estimate of drug-likeness (QED) is 0.604. The number of nitrogens with one attached hydrogen (secondary N) is 1. The van der Waals surface area contributed by atoms with Gasteiger partial charge in [-0.25, -0.2) is 8.42 Å². The maximum absolute atomic E-state index is 12.3. The van der Waals surface area contributed by atoms with Gasteiger partial charge in [-0.2, -0.15) is 0 Å². The van der Waals surface area contributed by atoms with Gasteiger partial charge in [0.15, 0.2) is 11.5 Å². The lowest BCUT2D eigenvalue weighted by atomic mass is 10.2. The minimum atomic E-state index is -3.68. The van der Waals surface area contributed by atoms with Crippen LogP contribution in [-0.2, 0) is 14.8 Å².